The van der Waals surface area contributed by atoms with Crippen molar-refractivity contribution in [2.24, 2.45) is 11.8 Å². The number of benzene rings is 1. The summed E-state index contributed by atoms with van der Waals surface area (Å²) in [6.07, 6.45) is 0.398. The molecule has 0 saturated carbocycles. The number of sulfonamides is 1. The van der Waals surface area contributed by atoms with Crippen LogP contribution in [0.3, 0.4) is 0 Å². The van der Waals surface area contributed by atoms with E-state index in [2.05, 4.69) is 0 Å². The molecule has 0 bridgehead atoms. The molecule has 0 radical (unpaired) electrons. The first-order valence-corrected chi connectivity index (χ1v) is 8.61. The number of rotatable bonds is 4. The molecule has 1 aromatic carbocycles. The van der Waals surface area contributed by atoms with Crippen LogP contribution < -0.4 is 0 Å². The van der Waals surface area contributed by atoms with Crippen molar-refractivity contribution in [2.45, 2.75) is 18.2 Å². The highest BCUT2D eigenvalue weighted by atomic mass is 35.5. The fourth-order valence-corrected chi connectivity index (χ4v) is 4.75. The van der Waals surface area contributed by atoms with Gasteiger partial charge in [-0.2, -0.15) is 4.31 Å². The van der Waals surface area contributed by atoms with Crippen LogP contribution in [0.4, 0.5) is 5.69 Å². The maximum Gasteiger partial charge on any atom is 0.307 e. The van der Waals surface area contributed by atoms with Crippen LogP contribution in [0, 0.1) is 22.0 Å². The molecule has 1 fully saturated rings. The van der Waals surface area contributed by atoms with Gasteiger partial charge in [-0.15, -0.1) is 0 Å². The SMILES string of the molecule is CC1CC(C(=O)O)CN(S(=O)(=O)c2ccc([N+](=O)[O-])cc2Cl)C1. The van der Waals surface area contributed by atoms with Crippen LogP contribution in [0.15, 0.2) is 23.1 Å². The van der Waals surface area contributed by atoms with E-state index in [0.29, 0.717) is 6.42 Å². The van der Waals surface area contributed by atoms with E-state index in [4.69, 9.17) is 16.7 Å². The molecule has 0 spiro atoms. The molecule has 1 aliphatic rings. The van der Waals surface area contributed by atoms with Gasteiger partial charge in [0.2, 0.25) is 10.0 Å². The van der Waals surface area contributed by atoms with Gasteiger partial charge in [0.1, 0.15) is 4.90 Å². The van der Waals surface area contributed by atoms with E-state index in [0.717, 1.165) is 22.5 Å². The standard InChI is InChI=1S/C13H15ClN2O6S/c1-8-4-9(13(17)18)7-15(6-8)23(21,22)12-3-2-10(16(19)20)5-11(12)14/h2-3,5,8-9H,4,6-7H2,1H3,(H,17,18). The lowest BCUT2D eigenvalue weighted by molar-refractivity contribution is -0.384. The van der Waals surface area contributed by atoms with E-state index >= 15 is 0 Å². The van der Waals surface area contributed by atoms with E-state index in [-0.39, 0.29) is 34.6 Å². The lowest BCUT2D eigenvalue weighted by atomic mass is 9.92. The van der Waals surface area contributed by atoms with E-state index < -0.39 is 26.8 Å². The zero-order valence-electron chi connectivity index (χ0n) is 12.2. The molecule has 10 heteroatoms. The maximum absolute atomic E-state index is 12.7. The lowest BCUT2D eigenvalue weighted by Crippen LogP contribution is -2.45. The second kappa shape index (κ2) is 6.42. The molecule has 1 aromatic rings. The molecular weight excluding hydrogens is 348 g/mol. The predicted molar refractivity (Wildman–Crippen MR) is 81.8 cm³/mol. The molecule has 0 aromatic heterocycles. The third kappa shape index (κ3) is 3.62. The third-order valence-electron chi connectivity index (χ3n) is 3.72. The number of carbonyl (C=O) groups is 1. The number of nitro groups is 1. The van der Waals surface area contributed by atoms with Gasteiger partial charge in [-0.3, -0.25) is 14.9 Å². The number of carboxylic acid groups (broad SMARTS) is 1. The summed E-state index contributed by atoms with van der Waals surface area (Å²) in [4.78, 5) is 20.9. The Morgan fingerprint density at radius 2 is 2.09 bits per heavy atom. The highest BCUT2D eigenvalue weighted by Gasteiger charge is 2.37. The first kappa shape index (κ1) is 17.6. The molecular formula is C13H15ClN2O6S. The van der Waals surface area contributed by atoms with Gasteiger partial charge in [-0.25, -0.2) is 8.42 Å². The minimum absolute atomic E-state index is 0.114. The summed E-state index contributed by atoms with van der Waals surface area (Å²) in [6, 6.07) is 3.10. The molecule has 2 unspecified atom stereocenters. The molecule has 2 rings (SSSR count). The summed E-state index contributed by atoms with van der Waals surface area (Å²) in [5, 5.41) is 19.6. The zero-order valence-corrected chi connectivity index (χ0v) is 13.7. The molecule has 1 saturated heterocycles. The molecule has 1 N–H and O–H groups in total. The van der Waals surface area contributed by atoms with Crippen molar-refractivity contribution < 1.29 is 23.2 Å². The number of aliphatic carboxylic acids is 1. The smallest absolute Gasteiger partial charge is 0.307 e. The van der Waals surface area contributed by atoms with E-state index in [1.165, 1.54) is 0 Å². The van der Waals surface area contributed by atoms with E-state index in [9.17, 15) is 23.3 Å². The van der Waals surface area contributed by atoms with Crippen molar-refractivity contribution >= 4 is 33.3 Å². The van der Waals surface area contributed by atoms with Gasteiger partial charge in [0.15, 0.2) is 0 Å². The molecule has 8 nitrogen and oxygen atoms in total. The number of nitrogens with zero attached hydrogens (tertiary/aromatic N) is 2. The Kier molecular flexibility index (Phi) is 4.92. The van der Waals surface area contributed by atoms with Crippen LogP contribution in [0.2, 0.25) is 5.02 Å². The fraction of sp³-hybridized carbons (Fsp3) is 0.462. The van der Waals surface area contributed by atoms with Crippen LogP contribution in [0.1, 0.15) is 13.3 Å². The second-order valence-corrected chi connectivity index (χ2v) is 7.88. The Labute approximate surface area is 137 Å². The maximum atomic E-state index is 12.7. The van der Waals surface area contributed by atoms with Crippen molar-refractivity contribution in [2.75, 3.05) is 13.1 Å². The van der Waals surface area contributed by atoms with Crippen LogP contribution in [-0.4, -0.2) is 41.8 Å². The first-order valence-electron chi connectivity index (χ1n) is 6.80. The van der Waals surface area contributed by atoms with Crippen LogP contribution in [0.5, 0.6) is 0 Å². The molecule has 23 heavy (non-hydrogen) atoms. The highest BCUT2D eigenvalue weighted by molar-refractivity contribution is 7.89. The summed E-state index contributed by atoms with van der Waals surface area (Å²) in [5.74, 6) is -1.95. The number of non-ortho nitro benzene ring substituents is 1. The van der Waals surface area contributed by atoms with Crippen molar-refractivity contribution in [1.82, 2.24) is 4.31 Å². The largest absolute Gasteiger partial charge is 0.481 e. The topological polar surface area (TPSA) is 118 Å². The number of halogens is 1. The summed E-state index contributed by atoms with van der Waals surface area (Å²) in [7, 11) is -4.02. The molecule has 1 heterocycles. The zero-order chi connectivity index (χ0) is 17.4. The average Bonchev–Trinajstić information content (AvgIpc) is 2.45. The van der Waals surface area contributed by atoms with Gasteiger partial charge in [-0.05, 0) is 18.4 Å². The van der Waals surface area contributed by atoms with Gasteiger partial charge in [0.25, 0.3) is 5.69 Å². The minimum Gasteiger partial charge on any atom is -0.481 e. The van der Waals surface area contributed by atoms with Crippen LogP contribution in [-0.2, 0) is 14.8 Å². The lowest BCUT2D eigenvalue weighted by Gasteiger charge is -2.33. The molecule has 0 amide bonds. The Balaban J connectivity index is 2.38. The van der Waals surface area contributed by atoms with Gasteiger partial charge in [0.05, 0.1) is 15.9 Å². The summed E-state index contributed by atoms with van der Waals surface area (Å²) in [5.41, 5.74) is -0.315. The monoisotopic (exact) mass is 362 g/mol. The fourth-order valence-electron chi connectivity index (χ4n) is 2.63. The first-order chi connectivity index (χ1) is 10.6. The van der Waals surface area contributed by atoms with Crippen molar-refractivity contribution in [3.8, 4) is 0 Å². The Hall–Kier alpha value is -1.71. The summed E-state index contributed by atoms with van der Waals surface area (Å²) < 4.78 is 26.4. The molecule has 126 valence electrons. The van der Waals surface area contributed by atoms with E-state index in [1.807, 2.05) is 0 Å². The normalized spacial score (nSPS) is 22.7. The average molecular weight is 363 g/mol. The van der Waals surface area contributed by atoms with Crippen molar-refractivity contribution in [1.29, 1.82) is 0 Å². The number of carboxylic acids is 1. The van der Waals surface area contributed by atoms with Crippen LogP contribution in [0.25, 0.3) is 0 Å². The predicted octanol–water partition coefficient (Wildman–Crippen LogP) is 1.98. The number of piperidine rings is 1. The van der Waals surface area contributed by atoms with Crippen LogP contribution >= 0.6 is 11.6 Å². The number of nitro benzene ring substituents is 1. The number of hydrogen-bond acceptors (Lipinski definition) is 5. The van der Waals surface area contributed by atoms with Gasteiger partial charge < -0.3 is 5.11 Å². The second-order valence-electron chi connectivity index (χ2n) is 5.57. The number of hydrogen-bond donors (Lipinski definition) is 1. The summed E-state index contributed by atoms with van der Waals surface area (Å²) in [6.45, 7) is 1.81. The molecule has 0 aliphatic carbocycles. The van der Waals surface area contributed by atoms with Crippen molar-refractivity contribution in [3.63, 3.8) is 0 Å². The van der Waals surface area contributed by atoms with Gasteiger partial charge in [-0.1, -0.05) is 18.5 Å². The highest BCUT2D eigenvalue weighted by Crippen LogP contribution is 2.32. The molecule has 1 aliphatic heterocycles. The van der Waals surface area contributed by atoms with Gasteiger partial charge in [0, 0.05) is 25.2 Å². The third-order valence-corrected chi connectivity index (χ3v) is 6.03. The Morgan fingerprint density at radius 3 is 2.61 bits per heavy atom. The molecule has 2 atom stereocenters. The summed E-state index contributed by atoms with van der Waals surface area (Å²) >= 11 is 5.89. The Morgan fingerprint density at radius 1 is 1.43 bits per heavy atom. The van der Waals surface area contributed by atoms with Gasteiger partial charge >= 0.3 is 5.97 Å². The Bertz CT molecular complexity index is 751. The minimum atomic E-state index is -4.02. The van der Waals surface area contributed by atoms with E-state index in [1.54, 1.807) is 6.92 Å². The van der Waals surface area contributed by atoms with Crippen molar-refractivity contribution in [3.05, 3.63) is 33.3 Å². The quantitative estimate of drug-likeness (QED) is 0.646.